The number of ether oxygens (including phenoxy) is 3. The van der Waals surface area contributed by atoms with Crippen molar-refractivity contribution >= 4 is 33.5 Å². The van der Waals surface area contributed by atoms with Gasteiger partial charge in [-0.1, -0.05) is 0 Å². The molecule has 0 fully saturated rings. The number of pyridine rings is 1. The summed E-state index contributed by atoms with van der Waals surface area (Å²) in [6, 6.07) is 6.62. The van der Waals surface area contributed by atoms with Crippen LogP contribution in [0.25, 0.3) is 0 Å². The van der Waals surface area contributed by atoms with Gasteiger partial charge in [0.25, 0.3) is 5.91 Å². The minimum Gasteiger partial charge on any atom is -0.486 e. The van der Waals surface area contributed by atoms with Crippen LogP contribution in [0.2, 0.25) is 0 Å². The summed E-state index contributed by atoms with van der Waals surface area (Å²) in [5.74, 6) is 0.119. The molecule has 0 aliphatic carbocycles. The van der Waals surface area contributed by atoms with Gasteiger partial charge in [-0.25, -0.2) is 4.79 Å². The van der Waals surface area contributed by atoms with Crippen LogP contribution in [0, 0.1) is 0 Å². The third kappa shape index (κ3) is 4.02. The maximum atomic E-state index is 11.9. The van der Waals surface area contributed by atoms with Crippen LogP contribution in [0.1, 0.15) is 10.4 Å². The zero-order valence-corrected chi connectivity index (χ0v) is 14.0. The van der Waals surface area contributed by atoms with Crippen molar-refractivity contribution in [1.29, 1.82) is 0 Å². The molecule has 0 bridgehead atoms. The normalized spacial score (nSPS) is 12.4. The van der Waals surface area contributed by atoms with Crippen molar-refractivity contribution in [2.75, 3.05) is 25.1 Å². The van der Waals surface area contributed by atoms with Crippen LogP contribution in [-0.4, -0.2) is 36.7 Å². The molecule has 24 heavy (non-hydrogen) atoms. The van der Waals surface area contributed by atoms with Crippen LogP contribution in [0.15, 0.2) is 41.1 Å². The number of amides is 1. The summed E-state index contributed by atoms with van der Waals surface area (Å²) in [6.07, 6.45) is 2.91. The van der Waals surface area contributed by atoms with Crippen LogP contribution >= 0.6 is 15.9 Å². The number of aromatic nitrogens is 1. The molecule has 0 unspecified atom stereocenters. The number of nitrogens with one attached hydrogen (secondary N) is 1. The number of esters is 1. The fourth-order valence-corrected chi connectivity index (χ4v) is 2.42. The van der Waals surface area contributed by atoms with Gasteiger partial charge in [-0.3, -0.25) is 9.78 Å². The standard InChI is InChI=1S/C16H13BrN2O5/c17-11-5-10(7-18-8-11)16(21)24-9-15(20)19-12-1-2-13-14(6-12)23-4-3-22-13/h1-2,5-8H,3-4,9H2,(H,19,20). The summed E-state index contributed by atoms with van der Waals surface area (Å²) < 4.78 is 16.5. The molecule has 2 aromatic rings. The van der Waals surface area contributed by atoms with Crippen LogP contribution in [0.4, 0.5) is 5.69 Å². The zero-order chi connectivity index (χ0) is 16.9. The summed E-state index contributed by atoms with van der Waals surface area (Å²) in [6.45, 7) is 0.557. The van der Waals surface area contributed by atoms with E-state index in [1.54, 1.807) is 30.5 Å². The largest absolute Gasteiger partial charge is 0.486 e. The molecule has 0 saturated heterocycles. The average Bonchev–Trinajstić information content (AvgIpc) is 2.59. The predicted molar refractivity (Wildman–Crippen MR) is 88.3 cm³/mol. The summed E-state index contributed by atoms with van der Waals surface area (Å²) in [5.41, 5.74) is 0.793. The van der Waals surface area contributed by atoms with E-state index in [2.05, 4.69) is 26.2 Å². The van der Waals surface area contributed by atoms with Gasteiger partial charge < -0.3 is 19.5 Å². The summed E-state index contributed by atoms with van der Waals surface area (Å²) in [4.78, 5) is 27.6. The molecule has 8 heteroatoms. The second kappa shape index (κ2) is 7.31. The second-order valence-electron chi connectivity index (χ2n) is 4.87. The monoisotopic (exact) mass is 392 g/mol. The van der Waals surface area contributed by atoms with Crippen molar-refractivity contribution in [3.8, 4) is 11.5 Å². The predicted octanol–water partition coefficient (Wildman–Crippen LogP) is 2.41. The van der Waals surface area contributed by atoms with E-state index in [0.29, 0.717) is 34.9 Å². The highest BCUT2D eigenvalue weighted by molar-refractivity contribution is 9.10. The molecule has 0 atom stereocenters. The van der Waals surface area contributed by atoms with E-state index < -0.39 is 18.5 Å². The first-order valence-electron chi connectivity index (χ1n) is 7.09. The number of hydrogen-bond donors (Lipinski definition) is 1. The van der Waals surface area contributed by atoms with Crippen LogP contribution in [-0.2, 0) is 9.53 Å². The molecule has 1 aliphatic rings. The Labute approximate surface area is 146 Å². The molecule has 0 spiro atoms. The lowest BCUT2D eigenvalue weighted by Crippen LogP contribution is -2.21. The van der Waals surface area contributed by atoms with Crippen molar-refractivity contribution in [3.63, 3.8) is 0 Å². The smallest absolute Gasteiger partial charge is 0.340 e. The van der Waals surface area contributed by atoms with Crippen molar-refractivity contribution in [2.45, 2.75) is 0 Å². The van der Waals surface area contributed by atoms with Crippen molar-refractivity contribution in [3.05, 3.63) is 46.7 Å². The third-order valence-corrected chi connectivity index (χ3v) is 3.53. The van der Waals surface area contributed by atoms with E-state index >= 15 is 0 Å². The number of carbonyl (C=O) groups is 2. The van der Waals surface area contributed by atoms with Gasteiger partial charge >= 0.3 is 5.97 Å². The van der Waals surface area contributed by atoms with Crippen molar-refractivity contribution in [2.24, 2.45) is 0 Å². The minimum atomic E-state index is -0.624. The lowest BCUT2D eigenvalue weighted by molar-refractivity contribution is -0.119. The van der Waals surface area contributed by atoms with Gasteiger partial charge in [0.15, 0.2) is 18.1 Å². The van der Waals surface area contributed by atoms with Gasteiger partial charge in [0.1, 0.15) is 13.2 Å². The van der Waals surface area contributed by atoms with Crippen LogP contribution in [0.3, 0.4) is 0 Å². The Bertz CT molecular complexity index is 781. The zero-order valence-electron chi connectivity index (χ0n) is 12.5. The average molecular weight is 393 g/mol. The SMILES string of the molecule is O=C(COC(=O)c1cncc(Br)c1)Nc1ccc2c(c1)OCCO2. The molecule has 1 N–H and O–H groups in total. The quantitative estimate of drug-likeness (QED) is 0.803. The Hall–Kier alpha value is -2.61. The topological polar surface area (TPSA) is 86.8 Å². The second-order valence-corrected chi connectivity index (χ2v) is 5.79. The molecule has 0 radical (unpaired) electrons. The number of benzene rings is 1. The highest BCUT2D eigenvalue weighted by atomic mass is 79.9. The minimum absolute atomic E-state index is 0.261. The van der Waals surface area contributed by atoms with Gasteiger partial charge in [0.05, 0.1) is 5.56 Å². The molecule has 3 rings (SSSR count). The van der Waals surface area contributed by atoms with E-state index in [0.717, 1.165) is 0 Å². The highest BCUT2D eigenvalue weighted by Gasteiger charge is 2.14. The highest BCUT2D eigenvalue weighted by Crippen LogP contribution is 2.32. The fourth-order valence-electron chi connectivity index (χ4n) is 2.06. The maximum Gasteiger partial charge on any atom is 0.340 e. The van der Waals surface area contributed by atoms with E-state index in [1.165, 1.54) is 6.20 Å². The van der Waals surface area contributed by atoms with E-state index in [9.17, 15) is 9.59 Å². The van der Waals surface area contributed by atoms with Gasteiger partial charge in [-0.15, -0.1) is 0 Å². The first kappa shape index (κ1) is 16.3. The maximum absolute atomic E-state index is 11.9. The summed E-state index contributed by atoms with van der Waals surface area (Å²) in [7, 11) is 0. The number of fused-ring (bicyclic) bond motifs is 1. The third-order valence-electron chi connectivity index (χ3n) is 3.10. The van der Waals surface area contributed by atoms with Gasteiger partial charge in [0.2, 0.25) is 0 Å². The lowest BCUT2D eigenvalue weighted by Gasteiger charge is -2.19. The Morgan fingerprint density at radius 1 is 1.17 bits per heavy atom. The molecule has 1 aliphatic heterocycles. The first-order valence-corrected chi connectivity index (χ1v) is 7.88. The van der Waals surface area contributed by atoms with Gasteiger partial charge in [-0.05, 0) is 34.1 Å². The molecule has 124 valence electrons. The Morgan fingerprint density at radius 2 is 1.96 bits per heavy atom. The number of hydrogen-bond acceptors (Lipinski definition) is 6. The van der Waals surface area contributed by atoms with E-state index in [4.69, 9.17) is 14.2 Å². The molecular formula is C16H13BrN2O5. The van der Waals surface area contributed by atoms with Crippen molar-refractivity contribution in [1.82, 2.24) is 4.98 Å². The van der Waals surface area contributed by atoms with Gasteiger partial charge in [-0.2, -0.15) is 0 Å². The molecule has 1 aromatic heterocycles. The Balaban J connectivity index is 1.55. The lowest BCUT2D eigenvalue weighted by atomic mass is 10.2. The van der Waals surface area contributed by atoms with Crippen LogP contribution < -0.4 is 14.8 Å². The number of nitrogens with zero attached hydrogens (tertiary/aromatic N) is 1. The molecule has 1 aromatic carbocycles. The number of rotatable bonds is 4. The molecule has 2 heterocycles. The fraction of sp³-hybridized carbons (Fsp3) is 0.188. The summed E-state index contributed by atoms with van der Waals surface area (Å²) in [5, 5.41) is 2.63. The van der Waals surface area contributed by atoms with Gasteiger partial charge in [0, 0.05) is 28.6 Å². The molecular weight excluding hydrogens is 380 g/mol. The number of carbonyl (C=O) groups excluding carboxylic acids is 2. The van der Waals surface area contributed by atoms with Crippen LogP contribution in [0.5, 0.6) is 11.5 Å². The summed E-state index contributed by atoms with van der Waals surface area (Å²) >= 11 is 3.21. The van der Waals surface area contributed by atoms with Crippen molar-refractivity contribution < 1.29 is 23.8 Å². The molecule has 1 amide bonds. The Morgan fingerprint density at radius 3 is 2.75 bits per heavy atom. The number of halogens is 1. The van der Waals surface area contributed by atoms with E-state index in [1.807, 2.05) is 0 Å². The van der Waals surface area contributed by atoms with E-state index in [-0.39, 0.29) is 5.56 Å². The Kier molecular flexibility index (Phi) is 4.95. The number of anilines is 1. The molecule has 7 nitrogen and oxygen atoms in total. The first-order chi connectivity index (χ1) is 11.6. The molecule has 0 saturated carbocycles.